The molecule has 0 unspecified atom stereocenters. The van der Waals surface area contributed by atoms with Crippen molar-refractivity contribution in [3.63, 3.8) is 0 Å². The first-order chi connectivity index (χ1) is 13.1. The Morgan fingerprint density at radius 3 is 2.67 bits per heavy atom. The first kappa shape index (κ1) is 19.3. The van der Waals surface area contributed by atoms with Crippen LogP contribution in [0.3, 0.4) is 0 Å². The fourth-order valence-electron chi connectivity index (χ4n) is 2.85. The molecule has 142 valence electrons. The second-order valence-corrected chi connectivity index (χ2v) is 7.24. The number of carbonyl (C=O) groups is 1. The topological polar surface area (TPSA) is 52.8 Å². The van der Waals surface area contributed by atoms with E-state index in [2.05, 4.69) is 34.7 Å². The largest absolute Gasteiger partial charge is 0.497 e. The van der Waals surface area contributed by atoms with E-state index in [1.54, 1.807) is 18.4 Å². The number of amides is 1. The fraction of sp³-hybridized carbons (Fsp3) is 0.333. The highest BCUT2D eigenvalue weighted by Gasteiger charge is 2.09. The highest BCUT2D eigenvalue weighted by atomic mass is 32.1. The van der Waals surface area contributed by atoms with Crippen LogP contribution in [0.4, 0.5) is 0 Å². The van der Waals surface area contributed by atoms with Gasteiger partial charge in [-0.3, -0.25) is 4.79 Å². The summed E-state index contributed by atoms with van der Waals surface area (Å²) in [4.78, 5) is 17.6. The average Bonchev–Trinajstić information content (AvgIpc) is 2.98. The van der Waals surface area contributed by atoms with E-state index in [9.17, 15) is 4.79 Å². The molecule has 0 saturated carbocycles. The first-order valence-electron chi connectivity index (χ1n) is 8.99. The number of methoxy groups -OCH3 is 1. The molecule has 0 N–H and O–H groups in total. The van der Waals surface area contributed by atoms with Crippen LogP contribution in [-0.4, -0.2) is 30.8 Å². The van der Waals surface area contributed by atoms with Crippen molar-refractivity contribution in [3.8, 4) is 5.75 Å². The Kier molecular flexibility index (Phi) is 6.42. The first-order valence-corrected chi connectivity index (χ1v) is 9.80. The van der Waals surface area contributed by atoms with Gasteiger partial charge < -0.3 is 14.0 Å². The Hall–Kier alpha value is -2.44. The number of nitrogens with zero attached hydrogens (tertiary/aromatic N) is 2. The number of rotatable bonds is 7. The van der Waals surface area contributed by atoms with E-state index < -0.39 is 0 Å². The van der Waals surface area contributed by atoms with E-state index in [4.69, 9.17) is 9.47 Å². The van der Waals surface area contributed by atoms with Gasteiger partial charge in [0.15, 0.2) is 4.80 Å². The normalized spacial score (nSPS) is 11.9. The van der Waals surface area contributed by atoms with Crippen molar-refractivity contribution in [2.75, 3.05) is 20.3 Å². The molecule has 1 heterocycles. The number of hydrogen-bond donors (Lipinski definition) is 0. The summed E-state index contributed by atoms with van der Waals surface area (Å²) in [6, 6.07) is 13.8. The van der Waals surface area contributed by atoms with Crippen LogP contribution in [0.25, 0.3) is 10.2 Å². The summed E-state index contributed by atoms with van der Waals surface area (Å²) in [6.07, 6.45) is 0.267. The van der Waals surface area contributed by atoms with Crippen LogP contribution in [0.2, 0.25) is 0 Å². The molecule has 0 fully saturated rings. The highest BCUT2D eigenvalue weighted by molar-refractivity contribution is 7.16. The molecule has 1 aromatic heterocycles. The third-order valence-corrected chi connectivity index (χ3v) is 5.28. The van der Waals surface area contributed by atoms with Gasteiger partial charge in [-0.2, -0.15) is 4.99 Å². The van der Waals surface area contributed by atoms with Crippen LogP contribution in [0, 0.1) is 6.92 Å². The number of fused-ring (bicyclic) bond motifs is 1. The maximum Gasteiger partial charge on any atom is 0.252 e. The molecule has 0 radical (unpaired) electrons. The molecule has 1 amide bonds. The molecular formula is C21H24N2O3S. The summed E-state index contributed by atoms with van der Waals surface area (Å²) in [5, 5.41) is 0. The van der Waals surface area contributed by atoms with E-state index >= 15 is 0 Å². The van der Waals surface area contributed by atoms with Crippen LogP contribution in [0.15, 0.2) is 47.5 Å². The smallest absolute Gasteiger partial charge is 0.252 e. The number of ether oxygens (including phenoxy) is 2. The van der Waals surface area contributed by atoms with Crippen LogP contribution >= 0.6 is 11.3 Å². The lowest BCUT2D eigenvalue weighted by molar-refractivity contribution is -0.117. The molecule has 0 bridgehead atoms. The van der Waals surface area contributed by atoms with Crippen molar-refractivity contribution >= 4 is 27.5 Å². The molecule has 3 rings (SSSR count). The van der Waals surface area contributed by atoms with Crippen LogP contribution < -0.4 is 9.54 Å². The Labute approximate surface area is 162 Å². The van der Waals surface area contributed by atoms with Gasteiger partial charge in [-0.25, -0.2) is 0 Å². The van der Waals surface area contributed by atoms with Gasteiger partial charge >= 0.3 is 0 Å². The summed E-state index contributed by atoms with van der Waals surface area (Å²) in [5.41, 5.74) is 3.19. The molecule has 0 aliphatic carbocycles. The van der Waals surface area contributed by atoms with Crippen LogP contribution in [0.5, 0.6) is 5.75 Å². The Balaban J connectivity index is 1.90. The molecule has 0 saturated heterocycles. The average molecular weight is 385 g/mol. The summed E-state index contributed by atoms with van der Waals surface area (Å²) < 4.78 is 13.9. The number of hydrogen-bond acceptors (Lipinski definition) is 4. The van der Waals surface area contributed by atoms with Crippen molar-refractivity contribution in [1.82, 2.24) is 4.57 Å². The Morgan fingerprint density at radius 1 is 1.19 bits per heavy atom. The van der Waals surface area contributed by atoms with Gasteiger partial charge in [0.2, 0.25) is 0 Å². The van der Waals surface area contributed by atoms with E-state index in [0.29, 0.717) is 24.6 Å². The standard InChI is InChI=1S/C21H24N2O3S/c1-4-26-12-11-23-18-10-5-15(2)13-19(18)27-21(23)22-20(24)14-16-6-8-17(25-3)9-7-16/h5-10,13H,4,11-12,14H2,1-3H3. The maximum atomic E-state index is 12.5. The third-order valence-electron chi connectivity index (χ3n) is 4.24. The predicted molar refractivity (Wildman–Crippen MR) is 108 cm³/mol. The number of carbonyl (C=O) groups excluding carboxylic acids is 1. The summed E-state index contributed by atoms with van der Waals surface area (Å²) in [6.45, 7) is 5.98. The molecule has 0 atom stereocenters. The van der Waals surface area contributed by atoms with Gasteiger partial charge in [-0.15, -0.1) is 0 Å². The number of aromatic nitrogens is 1. The predicted octanol–water partition coefficient (Wildman–Crippen LogP) is 3.73. The summed E-state index contributed by atoms with van der Waals surface area (Å²) >= 11 is 1.54. The lowest BCUT2D eigenvalue weighted by Gasteiger charge is -2.05. The van der Waals surface area contributed by atoms with Crippen molar-refractivity contribution in [3.05, 3.63) is 58.4 Å². The molecule has 27 heavy (non-hydrogen) atoms. The van der Waals surface area contributed by atoms with Gasteiger partial charge in [0.1, 0.15) is 5.75 Å². The number of aryl methyl sites for hydroxylation is 1. The number of thiazole rings is 1. The molecule has 3 aromatic rings. The molecule has 0 spiro atoms. The van der Waals surface area contributed by atoms with Gasteiger partial charge in [0.05, 0.1) is 30.4 Å². The molecule has 6 heteroatoms. The third kappa shape index (κ3) is 4.84. The summed E-state index contributed by atoms with van der Waals surface area (Å²) in [7, 11) is 1.62. The minimum Gasteiger partial charge on any atom is -0.497 e. The molecule has 0 aliphatic heterocycles. The van der Waals surface area contributed by atoms with Crippen molar-refractivity contribution < 1.29 is 14.3 Å². The van der Waals surface area contributed by atoms with Crippen molar-refractivity contribution in [2.24, 2.45) is 4.99 Å². The van der Waals surface area contributed by atoms with E-state index in [1.165, 1.54) is 5.56 Å². The Morgan fingerprint density at radius 2 is 1.96 bits per heavy atom. The Bertz CT molecular complexity index is 987. The quantitative estimate of drug-likeness (QED) is 0.583. The zero-order chi connectivity index (χ0) is 19.2. The molecular weight excluding hydrogens is 360 g/mol. The molecule has 0 aliphatic rings. The second kappa shape index (κ2) is 8.97. The zero-order valence-electron chi connectivity index (χ0n) is 15.9. The lowest BCUT2D eigenvalue weighted by atomic mass is 10.1. The minimum atomic E-state index is -0.159. The van der Waals surface area contributed by atoms with E-state index in [-0.39, 0.29) is 12.3 Å². The fourth-order valence-corrected chi connectivity index (χ4v) is 4.02. The van der Waals surface area contributed by atoms with Gasteiger partial charge in [-0.1, -0.05) is 29.5 Å². The zero-order valence-corrected chi connectivity index (χ0v) is 16.7. The minimum absolute atomic E-state index is 0.159. The maximum absolute atomic E-state index is 12.5. The summed E-state index contributed by atoms with van der Waals surface area (Å²) in [5.74, 6) is 0.616. The molecule has 2 aromatic carbocycles. The molecule has 5 nitrogen and oxygen atoms in total. The van der Waals surface area contributed by atoms with Gasteiger partial charge in [0.25, 0.3) is 5.91 Å². The van der Waals surface area contributed by atoms with Crippen molar-refractivity contribution in [2.45, 2.75) is 26.8 Å². The number of benzene rings is 2. The van der Waals surface area contributed by atoms with Gasteiger partial charge in [0, 0.05) is 13.2 Å². The van der Waals surface area contributed by atoms with E-state index in [0.717, 1.165) is 21.5 Å². The SMILES string of the molecule is CCOCCn1c(=NC(=O)Cc2ccc(OC)cc2)sc2cc(C)ccc21. The monoisotopic (exact) mass is 384 g/mol. The van der Waals surface area contributed by atoms with E-state index in [1.807, 2.05) is 31.2 Å². The lowest BCUT2D eigenvalue weighted by Crippen LogP contribution is -2.20. The van der Waals surface area contributed by atoms with Crippen LogP contribution in [-0.2, 0) is 22.5 Å². The highest BCUT2D eigenvalue weighted by Crippen LogP contribution is 2.19. The van der Waals surface area contributed by atoms with Crippen LogP contribution in [0.1, 0.15) is 18.1 Å². The van der Waals surface area contributed by atoms with Crippen molar-refractivity contribution in [1.29, 1.82) is 0 Å². The second-order valence-electron chi connectivity index (χ2n) is 6.23. The van der Waals surface area contributed by atoms with Gasteiger partial charge in [-0.05, 0) is 49.2 Å².